The monoisotopic (exact) mass is 537 g/mol. The quantitative estimate of drug-likeness (QED) is 0.386. The van der Waals surface area contributed by atoms with E-state index in [0.29, 0.717) is 12.5 Å². The maximum absolute atomic E-state index is 15.7. The maximum atomic E-state index is 15.7. The van der Waals surface area contributed by atoms with Crippen molar-refractivity contribution in [1.82, 2.24) is 19.7 Å². The highest BCUT2D eigenvalue weighted by Crippen LogP contribution is 2.48. The zero-order valence-electron chi connectivity index (χ0n) is 20.7. The highest BCUT2D eigenvalue weighted by atomic mass is 19.4. The number of anilines is 1. The molecule has 2 aromatic carbocycles. The molecule has 1 fully saturated rings. The summed E-state index contributed by atoms with van der Waals surface area (Å²) in [5.74, 6) is -5.69. The fourth-order valence-electron chi connectivity index (χ4n) is 5.14. The highest BCUT2D eigenvalue weighted by Gasteiger charge is 2.57. The molecule has 0 spiro atoms. The minimum Gasteiger partial charge on any atom is -0.316 e. The summed E-state index contributed by atoms with van der Waals surface area (Å²) >= 11 is 0. The average molecular weight is 538 g/mol. The van der Waals surface area contributed by atoms with Gasteiger partial charge in [0, 0.05) is 24.8 Å². The van der Waals surface area contributed by atoms with Gasteiger partial charge in [-0.05, 0) is 73.8 Å². The zero-order valence-corrected chi connectivity index (χ0v) is 20.7. The van der Waals surface area contributed by atoms with Gasteiger partial charge in [0.2, 0.25) is 11.5 Å². The third-order valence-electron chi connectivity index (χ3n) is 7.29. The number of hydrogen-bond donors (Lipinski definition) is 0. The van der Waals surface area contributed by atoms with E-state index in [2.05, 4.69) is 10.2 Å². The first-order chi connectivity index (χ1) is 17.8. The number of likely N-dealkylation sites (tertiary alicyclic amines) is 1. The van der Waals surface area contributed by atoms with Crippen LogP contribution >= 0.6 is 0 Å². The summed E-state index contributed by atoms with van der Waals surface area (Å²) in [4.78, 5) is 16.4. The van der Waals surface area contributed by atoms with Crippen LogP contribution in [0.5, 0.6) is 0 Å². The number of rotatable bonds is 6. The SMILES string of the molecule is Cn1cnnc1C(F)(F)C(C)(F)c1cccc(N2Cc3c(cc(CN4CCCC4)cc3C(F)(F)F)C2=O)c1. The summed E-state index contributed by atoms with van der Waals surface area (Å²) in [6.07, 6.45) is -1.75. The molecular formula is C26H25F6N5O. The van der Waals surface area contributed by atoms with Gasteiger partial charge in [0.05, 0.1) is 12.1 Å². The molecular weight excluding hydrogens is 512 g/mol. The topological polar surface area (TPSA) is 54.3 Å². The molecule has 38 heavy (non-hydrogen) atoms. The van der Waals surface area contributed by atoms with Crippen LogP contribution in [0.15, 0.2) is 42.7 Å². The van der Waals surface area contributed by atoms with Gasteiger partial charge in [-0.1, -0.05) is 12.1 Å². The first-order valence-corrected chi connectivity index (χ1v) is 12.1. The number of aromatic nitrogens is 3. The molecule has 1 atom stereocenters. The Morgan fingerprint density at radius 2 is 1.71 bits per heavy atom. The summed E-state index contributed by atoms with van der Waals surface area (Å²) in [6.45, 7) is 2.10. The molecule has 202 valence electrons. The van der Waals surface area contributed by atoms with Gasteiger partial charge in [-0.25, -0.2) is 4.39 Å². The van der Waals surface area contributed by atoms with Crippen LogP contribution in [-0.4, -0.2) is 38.7 Å². The van der Waals surface area contributed by atoms with Gasteiger partial charge < -0.3 is 9.47 Å². The van der Waals surface area contributed by atoms with Crippen LogP contribution in [0.4, 0.5) is 32.0 Å². The van der Waals surface area contributed by atoms with Gasteiger partial charge in [-0.15, -0.1) is 10.2 Å². The van der Waals surface area contributed by atoms with Gasteiger partial charge in [0.1, 0.15) is 6.33 Å². The van der Waals surface area contributed by atoms with E-state index in [1.807, 2.05) is 4.90 Å². The Bertz CT molecular complexity index is 1380. The predicted octanol–water partition coefficient (Wildman–Crippen LogP) is 5.57. The van der Waals surface area contributed by atoms with E-state index >= 15 is 13.2 Å². The third-order valence-corrected chi connectivity index (χ3v) is 7.29. The van der Waals surface area contributed by atoms with Crippen molar-refractivity contribution in [3.63, 3.8) is 0 Å². The van der Waals surface area contributed by atoms with E-state index in [4.69, 9.17) is 0 Å². The number of amides is 1. The Morgan fingerprint density at radius 1 is 1.00 bits per heavy atom. The molecule has 3 heterocycles. The predicted molar refractivity (Wildman–Crippen MR) is 126 cm³/mol. The van der Waals surface area contributed by atoms with Crippen molar-refractivity contribution in [2.45, 2.75) is 50.6 Å². The van der Waals surface area contributed by atoms with Crippen molar-refractivity contribution < 1.29 is 31.1 Å². The molecule has 2 aliphatic rings. The number of hydrogen-bond acceptors (Lipinski definition) is 4. The number of carbonyl (C=O) groups is 1. The minimum atomic E-state index is -4.70. The molecule has 5 rings (SSSR count). The van der Waals surface area contributed by atoms with Gasteiger partial charge in [0.25, 0.3) is 5.91 Å². The van der Waals surface area contributed by atoms with Crippen molar-refractivity contribution in [3.05, 3.63) is 76.4 Å². The highest BCUT2D eigenvalue weighted by molar-refractivity contribution is 6.10. The molecule has 1 unspecified atom stereocenters. The normalized spacial score (nSPS) is 18.2. The molecule has 1 amide bonds. The smallest absolute Gasteiger partial charge is 0.316 e. The first kappa shape index (κ1) is 26.2. The number of aryl methyl sites for hydroxylation is 1. The van der Waals surface area contributed by atoms with Crippen LogP contribution in [0, 0.1) is 0 Å². The Hall–Kier alpha value is -3.41. The Labute approximate surface area is 214 Å². The summed E-state index contributed by atoms with van der Waals surface area (Å²) in [5, 5.41) is 6.74. The number of alkyl halides is 6. The zero-order chi connectivity index (χ0) is 27.5. The van der Waals surface area contributed by atoms with E-state index < -0.39 is 47.2 Å². The van der Waals surface area contributed by atoms with E-state index in [9.17, 15) is 18.0 Å². The van der Waals surface area contributed by atoms with Crippen molar-refractivity contribution in [2.75, 3.05) is 18.0 Å². The fraction of sp³-hybridized carbons (Fsp3) is 0.423. The molecule has 6 nitrogen and oxygen atoms in total. The molecule has 0 saturated carbocycles. The molecule has 0 aliphatic carbocycles. The van der Waals surface area contributed by atoms with Crippen molar-refractivity contribution in [2.24, 2.45) is 7.05 Å². The van der Waals surface area contributed by atoms with E-state index in [-0.39, 0.29) is 23.4 Å². The fourth-order valence-corrected chi connectivity index (χ4v) is 5.14. The van der Waals surface area contributed by atoms with Crippen LogP contribution in [0.25, 0.3) is 0 Å². The van der Waals surface area contributed by atoms with Crippen LogP contribution < -0.4 is 4.90 Å². The van der Waals surface area contributed by atoms with Crippen LogP contribution in [0.2, 0.25) is 0 Å². The summed E-state index contributed by atoms with van der Waals surface area (Å²) < 4.78 is 89.1. The number of fused-ring (bicyclic) bond motifs is 1. The summed E-state index contributed by atoms with van der Waals surface area (Å²) in [6, 6.07) is 7.40. The van der Waals surface area contributed by atoms with Crippen LogP contribution in [0.3, 0.4) is 0 Å². The first-order valence-electron chi connectivity index (χ1n) is 12.1. The average Bonchev–Trinajstić information content (AvgIpc) is 3.59. The van der Waals surface area contributed by atoms with Gasteiger partial charge in [-0.3, -0.25) is 9.69 Å². The Balaban J connectivity index is 1.50. The lowest BCUT2D eigenvalue weighted by molar-refractivity contribution is -0.149. The van der Waals surface area contributed by atoms with Gasteiger partial charge in [0.15, 0.2) is 0 Å². The molecule has 0 N–H and O–H groups in total. The standard InChI is InChI=1S/C26H25F6N5O/c1-24(27,25(28,29)23-34-33-15-35(23)2)17-6-5-7-18(12-17)37-14-20-19(22(37)38)10-16(11-21(20)26(30,31)32)13-36-8-3-4-9-36/h5-7,10-12,15H,3-4,8-9,13-14H2,1-2H3. The van der Waals surface area contributed by atoms with Gasteiger partial charge in [-0.2, -0.15) is 22.0 Å². The van der Waals surface area contributed by atoms with E-state index in [1.165, 1.54) is 25.2 Å². The number of benzene rings is 2. The third kappa shape index (κ3) is 4.34. The lowest BCUT2D eigenvalue weighted by Gasteiger charge is -2.30. The molecule has 1 saturated heterocycles. The molecule has 1 aromatic heterocycles. The number of halogens is 6. The molecule has 2 aliphatic heterocycles. The second-order valence-electron chi connectivity index (χ2n) is 9.93. The van der Waals surface area contributed by atoms with Crippen LogP contribution in [0.1, 0.15) is 58.2 Å². The molecule has 3 aromatic rings. The largest absolute Gasteiger partial charge is 0.416 e. The van der Waals surface area contributed by atoms with Crippen LogP contribution in [-0.2, 0) is 37.9 Å². The van der Waals surface area contributed by atoms with Crippen molar-refractivity contribution in [3.8, 4) is 0 Å². The lowest BCUT2D eigenvalue weighted by Crippen LogP contribution is -2.39. The van der Waals surface area contributed by atoms with E-state index in [1.54, 1.807) is 0 Å². The number of carbonyl (C=O) groups excluding carboxylic acids is 1. The second-order valence-corrected chi connectivity index (χ2v) is 9.93. The second kappa shape index (κ2) is 9.11. The van der Waals surface area contributed by atoms with E-state index in [0.717, 1.165) is 59.9 Å². The molecule has 0 bridgehead atoms. The van der Waals surface area contributed by atoms with Crippen molar-refractivity contribution in [1.29, 1.82) is 0 Å². The minimum absolute atomic E-state index is 0.00978. The van der Waals surface area contributed by atoms with Crippen molar-refractivity contribution >= 4 is 11.6 Å². The molecule has 0 radical (unpaired) electrons. The summed E-state index contributed by atoms with van der Waals surface area (Å²) in [7, 11) is 1.26. The van der Waals surface area contributed by atoms with Gasteiger partial charge >= 0.3 is 12.1 Å². The lowest BCUT2D eigenvalue weighted by atomic mass is 9.90. The summed E-state index contributed by atoms with van der Waals surface area (Å²) in [5.41, 5.74) is -4.52. The number of nitrogens with zero attached hydrogens (tertiary/aromatic N) is 5. The Kier molecular flexibility index (Phi) is 6.28. The Morgan fingerprint density at radius 3 is 2.34 bits per heavy atom. The molecule has 12 heteroatoms. The maximum Gasteiger partial charge on any atom is 0.416 e.